The first-order valence-corrected chi connectivity index (χ1v) is 6.42. The monoisotopic (exact) mass is 248 g/mol. The van der Waals surface area contributed by atoms with Crippen molar-refractivity contribution in [1.29, 1.82) is 0 Å². The van der Waals surface area contributed by atoms with Crippen LogP contribution in [0.25, 0.3) is 22.2 Å². The number of H-pyrrole nitrogens is 1. The molecule has 0 unspecified atom stereocenters. The molecule has 2 aromatic carbocycles. The van der Waals surface area contributed by atoms with Gasteiger partial charge in [0.15, 0.2) is 0 Å². The highest BCUT2D eigenvalue weighted by Gasteiger charge is 2.11. The van der Waals surface area contributed by atoms with E-state index in [-0.39, 0.29) is 0 Å². The molecule has 0 amide bonds. The van der Waals surface area contributed by atoms with Crippen LogP contribution in [0.1, 0.15) is 5.56 Å². The van der Waals surface area contributed by atoms with E-state index in [1.165, 1.54) is 27.7 Å². The highest BCUT2D eigenvalue weighted by molar-refractivity contribution is 5.90. The zero-order valence-electron chi connectivity index (χ0n) is 10.6. The van der Waals surface area contributed by atoms with Crippen molar-refractivity contribution in [1.82, 2.24) is 4.98 Å². The van der Waals surface area contributed by atoms with Crippen LogP contribution in [0.3, 0.4) is 0 Å². The summed E-state index contributed by atoms with van der Waals surface area (Å²) in [5.41, 5.74) is 10.3. The third-order valence-electron chi connectivity index (χ3n) is 3.33. The molecule has 1 heterocycles. The first-order chi connectivity index (χ1) is 9.40. The maximum absolute atomic E-state index is 5.49. The Hall–Kier alpha value is -2.48. The van der Waals surface area contributed by atoms with Crippen molar-refractivity contribution in [3.63, 3.8) is 0 Å². The van der Waals surface area contributed by atoms with E-state index in [4.69, 9.17) is 5.73 Å². The molecule has 94 valence electrons. The van der Waals surface area contributed by atoms with Crippen LogP contribution in [-0.2, 0) is 6.42 Å². The maximum Gasteiger partial charge on any atom is 0.0500 e. The largest absolute Gasteiger partial charge is 0.405 e. The summed E-state index contributed by atoms with van der Waals surface area (Å²) in [5, 5.41) is 1.26. The van der Waals surface area contributed by atoms with Crippen LogP contribution in [0.15, 0.2) is 66.9 Å². The summed E-state index contributed by atoms with van der Waals surface area (Å²) in [6.45, 7) is 0. The van der Waals surface area contributed by atoms with Gasteiger partial charge in [0.25, 0.3) is 0 Å². The van der Waals surface area contributed by atoms with E-state index in [0.717, 1.165) is 6.42 Å². The number of nitrogens with two attached hydrogens (primary N) is 1. The second kappa shape index (κ2) is 5.02. The van der Waals surface area contributed by atoms with E-state index in [0.29, 0.717) is 0 Å². The summed E-state index contributed by atoms with van der Waals surface area (Å²) in [5.74, 6) is 0. The molecule has 3 rings (SSSR count). The molecule has 0 spiro atoms. The molecule has 0 saturated carbocycles. The van der Waals surface area contributed by atoms with Crippen molar-refractivity contribution in [2.24, 2.45) is 5.73 Å². The van der Waals surface area contributed by atoms with Crippen LogP contribution in [0.2, 0.25) is 0 Å². The summed E-state index contributed by atoms with van der Waals surface area (Å²) in [4.78, 5) is 3.51. The Morgan fingerprint density at radius 1 is 0.947 bits per heavy atom. The molecule has 1 aromatic heterocycles. The van der Waals surface area contributed by atoms with Crippen LogP contribution >= 0.6 is 0 Å². The Labute approximate surface area is 112 Å². The fourth-order valence-corrected chi connectivity index (χ4v) is 2.45. The third-order valence-corrected chi connectivity index (χ3v) is 3.33. The average molecular weight is 248 g/mol. The summed E-state index contributed by atoms with van der Waals surface area (Å²) >= 11 is 0. The predicted octanol–water partition coefficient (Wildman–Crippen LogP) is 3.85. The second-order valence-electron chi connectivity index (χ2n) is 4.52. The number of benzene rings is 2. The van der Waals surface area contributed by atoms with Crippen molar-refractivity contribution >= 4 is 10.9 Å². The lowest BCUT2D eigenvalue weighted by Gasteiger charge is -2.02. The number of rotatable bonds is 3. The maximum atomic E-state index is 5.49. The van der Waals surface area contributed by atoms with E-state index >= 15 is 0 Å². The van der Waals surface area contributed by atoms with Crippen LogP contribution < -0.4 is 5.73 Å². The number of aromatic nitrogens is 1. The van der Waals surface area contributed by atoms with Gasteiger partial charge in [-0.05, 0) is 29.8 Å². The molecule has 3 aromatic rings. The van der Waals surface area contributed by atoms with E-state index in [1.54, 1.807) is 6.20 Å². The molecule has 2 heteroatoms. The molecule has 0 aliphatic carbocycles. The summed E-state index contributed by atoms with van der Waals surface area (Å²) in [6, 6.07) is 18.8. The number of nitrogens with one attached hydrogen (secondary N) is 1. The van der Waals surface area contributed by atoms with E-state index in [2.05, 4.69) is 53.5 Å². The van der Waals surface area contributed by atoms with Crippen molar-refractivity contribution in [3.05, 3.63) is 72.4 Å². The van der Waals surface area contributed by atoms with Crippen molar-refractivity contribution < 1.29 is 0 Å². The molecule has 0 aliphatic heterocycles. The van der Waals surface area contributed by atoms with Gasteiger partial charge in [-0.25, -0.2) is 0 Å². The van der Waals surface area contributed by atoms with E-state index in [1.807, 2.05) is 12.1 Å². The van der Waals surface area contributed by atoms with Gasteiger partial charge >= 0.3 is 0 Å². The van der Waals surface area contributed by atoms with E-state index in [9.17, 15) is 0 Å². The number of hydrogen-bond acceptors (Lipinski definition) is 1. The van der Waals surface area contributed by atoms with Gasteiger partial charge in [-0.2, -0.15) is 0 Å². The Bertz CT molecular complexity index is 708. The standard InChI is InChI=1S/C17H16N2/c18-12-6-10-15-14-9-4-5-11-16(14)19-17(15)13-7-2-1-3-8-13/h1-9,11-12,19H,10,18H2. The molecule has 3 N–H and O–H groups in total. The minimum Gasteiger partial charge on any atom is -0.405 e. The number of allylic oxidation sites excluding steroid dienone is 1. The van der Waals surface area contributed by atoms with Crippen molar-refractivity contribution in [2.75, 3.05) is 0 Å². The fourth-order valence-electron chi connectivity index (χ4n) is 2.45. The third kappa shape index (κ3) is 2.13. The lowest BCUT2D eigenvalue weighted by molar-refractivity contribution is 1.27. The normalized spacial score (nSPS) is 11.4. The smallest absolute Gasteiger partial charge is 0.0500 e. The predicted molar refractivity (Wildman–Crippen MR) is 80.8 cm³/mol. The first-order valence-electron chi connectivity index (χ1n) is 6.42. The van der Waals surface area contributed by atoms with Gasteiger partial charge in [0.2, 0.25) is 0 Å². The lowest BCUT2D eigenvalue weighted by atomic mass is 10.0. The first kappa shape index (κ1) is 11.6. The molecule has 0 radical (unpaired) electrons. The van der Waals surface area contributed by atoms with Gasteiger partial charge in [0.05, 0.1) is 5.69 Å². The van der Waals surface area contributed by atoms with Crippen LogP contribution in [0.4, 0.5) is 0 Å². The molecule has 2 nitrogen and oxygen atoms in total. The van der Waals surface area contributed by atoms with E-state index < -0.39 is 0 Å². The summed E-state index contributed by atoms with van der Waals surface area (Å²) < 4.78 is 0. The Morgan fingerprint density at radius 2 is 1.68 bits per heavy atom. The summed E-state index contributed by atoms with van der Waals surface area (Å²) in [6.07, 6.45) is 4.43. The van der Waals surface area contributed by atoms with Gasteiger partial charge in [-0.15, -0.1) is 0 Å². The number of hydrogen-bond donors (Lipinski definition) is 2. The van der Waals surface area contributed by atoms with Gasteiger partial charge in [-0.1, -0.05) is 54.6 Å². The van der Waals surface area contributed by atoms with Crippen LogP contribution in [0, 0.1) is 0 Å². The topological polar surface area (TPSA) is 41.8 Å². The number of para-hydroxylation sites is 1. The fraction of sp³-hybridized carbons (Fsp3) is 0.0588. The van der Waals surface area contributed by atoms with Crippen LogP contribution in [0.5, 0.6) is 0 Å². The Balaban J connectivity index is 2.22. The second-order valence-corrected chi connectivity index (χ2v) is 4.52. The minimum atomic E-state index is 0.838. The van der Waals surface area contributed by atoms with Crippen molar-refractivity contribution in [3.8, 4) is 11.3 Å². The van der Waals surface area contributed by atoms with Crippen molar-refractivity contribution in [2.45, 2.75) is 6.42 Å². The molecule has 0 bridgehead atoms. The summed E-state index contributed by atoms with van der Waals surface area (Å²) in [7, 11) is 0. The highest BCUT2D eigenvalue weighted by atomic mass is 14.7. The quantitative estimate of drug-likeness (QED) is 0.726. The lowest BCUT2D eigenvalue weighted by Crippen LogP contribution is -1.87. The number of fused-ring (bicyclic) bond motifs is 1. The molecule has 19 heavy (non-hydrogen) atoms. The molecule has 0 atom stereocenters. The molecular formula is C17H16N2. The molecule has 0 aliphatic rings. The average Bonchev–Trinajstić information content (AvgIpc) is 2.85. The number of aromatic amines is 1. The molecular weight excluding hydrogens is 232 g/mol. The SMILES string of the molecule is NC=CCc1c(-c2ccccc2)[nH]c2ccccc12. The van der Waals surface area contributed by atoms with Gasteiger partial charge < -0.3 is 10.7 Å². The Morgan fingerprint density at radius 3 is 2.47 bits per heavy atom. The zero-order valence-corrected chi connectivity index (χ0v) is 10.6. The zero-order chi connectivity index (χ0) is 13.1. The van der Waals surface area contributed by atoms with Gasteiger partial charge in [0.1, 0.15) is 0 Å². The Kier molecular flexibility index (Phi) is 3.07. The molecule has 0 saturated heterocycles. The molecule has 0 fully saturated rings. The van der Waals surface area contributed by atoms with Gasteiger partial charge in [-0.3, -0.25) is 0 Å². The highest BCUT2D eigenvalue weighted by Crippen LogP contribution is 2.30. The van der Waals surface area contributed by atoms with Crippen LogP contribution in [-0.4, -0.2) is 4.98 Å². The minimum absolute atomic E-state index is 0.838. The van der Waals surface area contributed by atoms with Gasteiger partial charge in [0, 0.05) is 10.9 Å².